The van der Waals surface area contributed by atoms with Gasteiger partial charge in [0.2, 0.25) is 17.6 Å². The normalized spacial score (nSPS) is 13.8. The quantitative estimate of drug-likeness (QED) is 0.272. The van der Waals surface area contributed by atoms with Gasteiger partial charge in [-0.05, 0) is 43.9 Å². The first-order valence-electron chi connectivity index (χ1n) is 11.9. The topological polar surface area (TPSA) is 124 Å². The van der Waals surface area contributed by atoms with E-state index in [1.54, 1.807) is 27.8 Å². The summed E-state index contributed by atoms with van der Waals surface area (Å²) in [5, 5.41) is 15.8. The second-order valence-electron chi connectivity index (χ2n) is 9.03. The van der Waals surface area contributed by atoms with Crippen LogP contribution >= 0.6 is 0 Å². The number of halogens is 1. The van der Waals surface area contributed by atoms with E-state index < -0.39 is 4.92 Å². The number of benzene rings is 1. The molecule has 1 N–H and O–H groups in total. The molecule has 0 bridgehead atoms. The first-order chi connectivity index (χ1) is 18.3. The lowest BCUT2D eigenvalue weighted by atomic mass is 10.1. The van der Waals surface area contributed by atoms with Crippen molar-refractivity contribution in [3.63, 3.8) is 0 Å². The van der Waals surface area contributed by atoms with E-state index in [0.717, 1.165) is 10.9 Å². The molecule has 1 saturated heterocycles. The fourth-order valence-corrected chi connectivity index (χ4v) is 4.45. The van der Waals surface area contributed by atoms with E-state index in [2.05, 4.69) is 20.3 Å². The van der Waals surface area contributed by atoms with Gasteiger partial charge in [-0.2, -0.15) is 9.97 Å². The Morgan fingerprint density at radius 3 is 2.71 bits per heavy atom. The third kappa shape index (κ3) is 5.06. The first-order valence-corrected chi connectivity index (χ1v) is 11.9. The number of nitrogens with one attached hydrogen (secondary N) is 1. The van der Waals surface area contributed by atoms with Crippen molar-refractivity contribution in [3.05, 3.63) is 64.2 Å². The molecule has 0 atom stereocenters. The minimum Gasteiger partial charge on any atom is -0.479 e. The fourth-order valence-electron chi connectivity index (χ4n) is 4.45. The van der Waals surface area contributed by atoms with Crippen LogP contribution in [0.4, 0.5) is 27.5 Å². The Bertz CT molecular complexity index is 1490. The van der Waals surface area contributed by atoms with E-state index in [4.69, 9.17) is 9.47 Å². The monoisotopic (exact) mass is 522 g/mol. The number of hydrogen-bond acceptors (Lipinski definition) is 10. The third-order valence-corrected chi connectivity index (χ3v) is 6.12. The Hall–Kier alpha value is -4.36. The molecule has 0 unspecified atom stereocenters. The minimum atomic E-state index is -0.480. The van der Waals surface area contributed by atoms with Crippen molar-refractivity contribution in [1.82, 2.24) is 24.4 Å². The molecule has 1 aliphatic rings. The zero-order valence-electron chi connectivity index (χ0n) is 21.2. The Morgan fingerprint density at radius 2 is 2.00 bits per heavy atom. The average Bonchev–Trinajstić information content (AvgIpc) is 3.25. The Kier molecular flexibility index (Phi) is 7.03. The highest BCUT2D eigenvalue weighted by molar-refractivity contribution is 5.85. The maximum absolute atomic E-state index is 14.2. The van der Waals surface area contributed by atoms with E-state index in [-0.39, 0.29) is 34.8 Å². The van der Waals surface area contributed by atoms with Crippen LogP contribution in [0.2, 0.25) is 0 Å². The van der Waals surface area contributed by atoms with Gasteiger partial charge < -0.3 is 29.2 Å². The van der Waals surface area contributed by atoms with Crippen LogP contribution in [-0.4, -0.2) is 76.9 Å². The van der Waals surface area contributed by atoms with Crippen molar-refractivity contribution in [2.24, 2.45) is 0 Å². The summed E-state index contributed by atoms with van der Waals surface area (Å²) in [6, 6.07) is 7.72. The van der Waals surface area contributed by atoms with Crippen molar-refractivity contribution in [2.45, 2.75) is 6.54 Å². The van der Waals surface area contributed by atoms with Gasteiger partial charge in [0.05, 0.1) is 30.8 Å². The number of methoxy groups -OCH3 is 1. The number of hydrogen-bond donors (Lipinski definition) is 1. The van der Waals surface area contributed by atoms with Gasteiger partial charge in [0, 0.05) is 43.5 Å². The molecule has 0 saturated carbocycles. The number of fused-ring (bicyclic) bond motifs is 1. The lowest BCUT2D eigenvalue weighted by Crippen LogP contribution is -2.37. The predicted octanol–water partition coefficient (Wildman–Crippen LogP) is 3.51. The SMILES string of the molecule is COc1nc(N2CCOCC2)c([N+](=O)[O-])cc1Nc1nccc(-n2cc(CN(C)C)c3ccc(F)cc32)n1. The Balaban J connectivity index is 1.53. The maximum atomic E-state index is 14.2. The van der Waals surface area contributed by atoms with Gasteiger partial charge in [0.1, 0.15) is 17.3 Å². The molecule has 4 heterocycles. The summed E-state index contributed by atoms with van der Waals surface area (Å²) in [5.41, 5.74) is 1.74. The largest absolute Gasteiger partial charge is 0.479 e. The number of morpholine rings is 1. The molecule has 198 valence electrons. The number of pyridine rings is 1. The van der Waals surface area contributed by atoms with Crippen LogP contribution in [0.3, 0.4) is 0 Å². The molecule has 0 amide bonds. The molecule has 0 radical (unpaired) electrons. The maximum Gasteiger partial charge on any atom is 0.313 e. The van der Waals surface area contributed by atoms with Crippen molar-refractivity contribution in [2.75, 3.05) is 57.7 Å². The fraction of sp³-hybridized carbons (Fsp3) is 0.320. The molecule has 4 aromatic rings. The van der Waals surface area contributed by atoms with Gasteiger partial charge in [0.25, 0.3) is 0 Å². The molecule has 13 heteroatoms. The summed E-state index contributed by atoms with van der Waals surface area (Å²) in [6.45, 7) is 2.53. The van der Waals surface area contributed by atoms with Gasteiger partial charge in [-0.1, -0.05) is 0 Å². The summed E-state index contributed by atoms with van der Waals surface area (Å²) in [5.74, 6) is 0.680. The number of anilines is 3. The van der Waals surface area contributed by atoms with Gasteiger partial charge in [-0.3, -0.25) is 10.1 Å². The van der Waals surface area contributed by atoms with Crippen molar-refractivity contribution < 1.29 is 18.8 Å². The zero-order valence-corrected chi connectivity index (χ0v) is 21.2. The number of aromatic nitrogens is 4. The van der Waals surface area contributed by atoms with Crippen LogP contribution in [0.1, 0.15) is 5.56 Å². The van der Waals surface area contributed by atoms with Crippen LogP contribution in [0, 0.1) is 15.9 Å². The van der Waals surface area contributed by atoms with Gasteiger partial charge in [0.15, 0.2) is 0 Å². The van der Waals surface area contributed by atoms with Crippen molar-refractivity contribution in [3.8, 4) is 11.7 Å². The Labute approximate surface area is 217 Å². The van der Waals surface area contributed by atoms with E-state index >= 15 is 0 Å². The predicted molar refractivity (Wildman–Crippen MR) is 140 cm³/mol. The summed E-state index contributed by atoms with van der Waals surface area (Å²) in [6.07, 6.45) is 3.47. The molecule has 1 fully saturated rings. The lowest BCUT2D eigenvalue weighted by molar-refractivity contribution is -0.384. The van der Waals surface area contributed by atoms with Crippen LogP contribution in [0.25, 0.3) is 16.7 Å². The van der Waals surface area contributed by atoms with Gasteiger partial charge in [-0.25, -0.2) is 9.37 Å². The zero-order chi connectivity index (χ0) is 26.8. The summed E-state index contributed by atoms with van der Waals surface area (Å²) >= 11 is 0. The number of rotatable bonds is 8. The molecule has 5 rings (SSSR count). The highest BCUT2D eigenvalue weighted by atomic mass is 19.1. The molecule has 3 aromatic heterocycles. The van der Waals surface area contributed by atoms with Crippen molar-refractivity contribution >= 4 is 34.0 Å². The van der Waals surface area contributed by atoms with E-state index in [0.29, 0.717) is 44.2 Å². The number of nitrogens with zero attached hydrogens (tertiary/aromatic N) is 7. The molecule has 1 aromatic carbocycles. The molecular formula is C25H27FN8O4. The van der Waals surface area contributed by atoms with E-state index in [1.165, 1.54) is 25.3 Å². The second kappa shape index (κ2) is 10.6. The number of ether oxygens (including phenoxy) is 2. The minimum absolute atomic E-state index is 0.160. The molecule has 1 aliphatic heterocycles. The highest BCUT2D eigenvalue weighted by Gasteiger charge is 2.27. The van der Waals surface area contributed by atoms with Crippen LogP contribution in [0.15, 0.2) is 42.7 Å². The first kappa shape index (κ1) is 25.3. The Morgan fingerprint density at radius 1 is 1.21 bits per heavy atom. The van der Waals surface area contributed by atoms with Crippen LogP contribution in [0.5, 0.6) is 5.88 Å². The van der Waals surface area contributed by atoms with Crippen LogP contribution < -0.4 is 15.0 Å². The summed E-state index contributed by atoms with van der Waals surface area (Å²) in [7, 11) is 5.36. The van der Waals surface area contributed by atoms with E-state index in [9.17, 15) is 14.5 Å². The summed E-state index contributed by atoms with van der Waals surface area (Å²) < 4.78 is 26.8. The summed E-state index contributed by atoms with van der Waals surface area (Å²) in [4.78, 5) is 28.6. The molecule has 12 nitrogen and oxygen atoms in total. The highest BCUT2D eigenvalue weighted by Crippen LogP contribution is 2.36. The number of nitro groups is 1. The third-order valence-electron chi connectivity index (χ3n) is 6.12. The second-order valence-corrected chi connectivity index (χ2v) is 9.03. The molecule has 38 heavy (non-hydrogen) atoms. The standard InChI is InChI=1S/C25H27FN8O4/c1-31(2)14-16-15-33(20-12-17(26)4-5-18(16)20)22-6-7-27-25(29-22)28-19-13-21(34(35)36)23(30-24(19)37-3)32-8-10-38-11-9-32/h4-7,12-13,15H,8-11,14H2,1-3H3,(H,27,28,29). The smallest absolute Gasteiger partial charge is 0.313 e. The lowest BCUT2D eigenvalue weighted by Gasteiger charge is -2.27. The van der Waals surface area contributed by atoms with Gasteiger partial charge in [-0.15, -0.1) is 0 Å². The van der Waals surface area contributed by atoms with Crippen LogP contribution in [-0.2, 0) is 11.3 Å². The molecular weight excluding hydrogens is 495 g/mol. The van der Waals surface area contributed by atoms with Crippen molar-refractivity contribution in [1.29, 1.82) is 0 Å². The molecule has 0 spiro atoms. The van der Waals surface area contributed by atoms with E-state index in [1.807, 2.05) is 25.2 Å². The van der Waals surface area contributed by atoms with Gasteiger partial charge >= 0.3 is 5.69 Å². The molecule has 0 aliphatic carbocycles. The average molecular weight is 523 g/mol.